The Kier molecular flexibility index (Phi) is 7.87. The first kappa shape index (κ1) is 22.9. The lowest BCUT2D eigenvalue weighted by Crippen LogP contribution is -2.15. The van der Waals surface area contributed by atoms with E-state index in [2.05, 4.69) is 36.9 Å². The number of benzene rings is 2. The minimum absolute atomic E-state index is 0.0268. The van der Waals surface area contributed by atoms with E-state index in [4.69, 9.17) is 0 Å². The topological polar surface area (TPSA) is 126 Å². The molecule has 3 rings (SSSR count). The Balaban J connectivity index is 1.45. The number of hydrogen-bond donors (Lipinski definition) is 3. The van der Waals surface area contributed by atoms with Gasteiger partial charge < -0.3 is 16.0 Å². The molecule has 3 N–H and O–H groups in total. The highest BCUT2D eigenvalue weighted by Gasteiger charge is 2.09. The van der Waals surface area contributed by atoms with E-state index < -0.39 is 4.92 Å². The fraction of sp³-hybridized carbons (Fsp3) is 0.136. The van der Waals surface area contributed by atoms with Crippen molar-refractivity contribution >= 4 is 50.6 Å². The molecule has 0 unspecified atom stereocenters. The first-order valence-corrected chi connectivity index (χ1v) is 10.5. The van der Waals surface area contributed by atoms with Crippen molar-refractivity contribution < 1.29 is 14.5 Å². The molecule has 0 saturated carbocycles. The van der Waals surface area contributed by atoms with Crippen molar-refractivity contribution in [2.24, 2.45) is 0 Å². The summed E-state index contributed by atoms with van der Waals surface area (Å²) in [6, 6.07) is 16.2. The minimum atomic E-state index is -0.454. The van der Waals surface area contributed by atoms with E-state index in [-0.39, 0.29) is 23.9 Å². The first-order valence-electron chi connectivity index (χ1n) is 9.72. The van der Waals surface area contributed by atoms with Gasteiger partial charge in [-0.05, 0) is 64.8 Å². The largest absolute Gasteiger partial charge is 0.385 e. The molecule has 0 spiro atoms. The maximum Gasteiger partial charge on any atom is 0.269 e. The Morgan fingerprint density at radius 2 is 1.78 bits per heavy atom. The molecule has 1 heterocycles. The minimum Gasteiger partial charge on any atom is -0.385 e. The number of anilines is 3. The molecule has 0 aliphatic heterocycles. The van der Waals surface area contributed by atoms with E-state index in [1.54, 1.807) is 54.7 Å². The zero-order chi connectivity index (χ0) is 22.9. The number of nitro benzene ring substituents is 1. The molecular formula is C22H20BrN5O4. The number of rotatable bonds is 9. The van der Waals surface area contributed by atoms with E-state index in [9.17, 15) is 19.7 Å². The Bertz CT molecular complexity index is 1100. The van der Waals surface area contributed by atoms with E-state index in [0.29, 0.717) is 30.0 Å². The zero-order valence-electron chi connectivity index (χ0n) is 16.9. The molecule has 0 bridgehead atoms. The fourth-order valence-corrected chi connectivity index (χ4v) is 3.02. The quantitative estimate of drug-likeness (QED) is 0.220. The maximum absolute atomic E-state index is 12.4. The van der Waals surface area contributed by atoms with Crippen LogP contribution in [0, 0.1) is 10.1 Å². The summed E-state index contributed by atoms with van der Waals surface area (Å²) in [5.41, 5.74) is 1.69. The number of aromatic nitrogens is 1. The molecule has 2 aromatic carbocycles. The van der Waals surface area contributed by atoms with Crippen LogP contribution in [0.1, 0.15) is 23.2 Å². The van der Waals surface area contributed by atoms with Crippen LogP contribution in [0.15, 0.2) is 71.3 Å². The number of hydrogen-bond acceptors (Lipinski definition) is 6. The van der Waals surface area contributed by atoms with Crippen LogP contribution in [0.3, 0.4) is 0 Å². The lowest BCUT2D eigenvalue weighted by atomic mass is 10.2. The normalized spacial score (nSPS) is 10.3. The van der Waals surface area contributed by atoms with Gasteiger partial charge in [-0.3, -0.25) is 19.7 Å². The predicted molar refractivity (Wildman–Crippen MR) is 126 cm³/mol. The van der Waals surface area contributed by atoms with Crippen molar-refractivity contribution in [2.45, 2.75) is 12.8 Å². The van der Waals surface area contributed by atoms with E-state index in [1.807, 2.05) is 0 Å². The van der Waals surface area contributed by atoms with Crippen molar-refractivity contribution in [2.75, 3.05) is 22.5 Å². The number of halogens is 1. The van der Waals surface area contributed by atoms with Crippen molar-refractivity contribution in [3.8, 4) is 0 Å². The van der Waals surface area contributed by atoms with Gasteiger partial charge in [-0.25, -0.2) is 4.98 Å². The molecule has 164 valence electrons. The number of pyridine rings is 1. The van der Waals surface area contributed by atoms with Crippen LogP contribution < -0.4 is 16.0 Å². The maximum atomic E-state index is 12.4. The van der Waals surface area contributed by atoms with Gasteiger partial charge in [-0.15, -0.1) is 0 Å². The average Bonchev–Trinajstić information content (AvgIpc) is 2.79. The molecule has 1 aromatic heterocycles. The van der Waals surface area contributed by atoms with Gasteiger partial charge in [-0.1, -0.05) is 6.07 Å². The van der Waals surface area contributed by atoms with Gasteiger partial charge in [0, 0.05) is 52.7 Å². The van der Waals surface area contributed by atoms with Crippen molar-refractivity contribution in [1.29, 1.82) is 0 Å². The number of non-ortho nitro benzene ring substituents is 1. The van der Waals surface area contributed by atoms with Gasteiger partial charge in [0.2, 0.25) is 5.91 Å². The molecule has 2 amide bonds. The van der Waals surface area contributed by atoms with Crippen LogP contribution >= 0.6 is 15.9 Å². The molecule has 0 atom stereocenters. The lowest BCUT2D eigenvalue weighted by molar-refractivity contribution is -0.384. The van der Waals surface area contributed by atoms with Gasteiger partial charge in [0.25, 0.3) is 11.6 Å². The molecule has 0 saturated heterocycles. The highest BCUT2D eigenvalue weighted by atomic mass is 79.9. The second-order valence-corrected chi connectivity index (χ2v) is 7.69. The lowest BCUT2D eigenvalue weighted by Gasteiger charge is -2.09. The Morgan fingerprint density at radius 1 is 1.00 bits per heavy atom. The van der Waals surface area contributed by atoms with Crippen LogP contribution in [-0.2, 0) is 4.79 Å². The molecule has 32 heavy (non-hydrogen) atoms. The van der Waals surface area contributed by atoms with Gasteiger partial charge in [-0.2, -0.15) is 0 Å². The first-order chi connectivity index (χ1) is 15.4. The van der Waals surface area contributed by atoms with Crippen molar-refractivity contribution in [1.82, 2.24) is 4.98 Å². The number of amides is 2. The molecule has 0 radical (unpaired) electrons. The van der Waals surface area contributed by atoms with Crippen molar-refractivity contribution in [3.63, 3.8) is 0 Å². The summed E-state index contributed by atoms with van der Waals surface area (Å²) in [4.78, 5) is 39.0. The average molecular weight is 498 g/mol. The van der Waals surface area contributed by atoms with E-state index in [1.165, 1.54) is 12.1 Å². The monoisotopic (exact) mass is 497 g/mol. The van der Waals surface area contributed by atoms with Crippen molar-refractivity contribution in [3.05, 3.63) is 87.0 Å². The van der Waals surface area contributed by atoms with Crippen LogP contribution in [0.5, 0.6) is 0 Å². The SMILES string of the molecule is O=C(CCCNc1ccc([N+](=O)[O-])cc1)Nc1cccc(C(=O)Nc2ccc(Br)cn2)c1. The molecular weight excluding hydrogens is 478 g/mol. The number of nitrogens with zero attached hydrogens (tertiary/aromatic N) is 2. The third-order valence-corrected chi connectivity index (χ3v) is 4.83. The van der Waals surface area contributed by atoms with E-state index in [0.717, 1.165) is 10.2 Å². The summed E-state index contributed by atoms with van der Waals surface area (Å²) in [5.74, 6) is -0.0842. The molecule has 9 nitrogen and oxygen atoms in total. The van der Waals surface area contributed by atoms with Gasteiger partial charge in [0.05, 0.1) is 4.92 Å². The van der Waals surface area contributed by atoms with Crippen LogP contribution in [-0.4, -0.2) is 28.3 Å². The Morgan fingerprint density at radius 3 is 2.47 bits per heavy atom. The molecule has 10 heteroatoms. The number of carbonyl (C=O) groups is 2. The molecule has 3 aromatic rings. The number of carbonyl (C=O) groups excluding carboxylic acids is 2. The highest BCUT2D eigenvalue weighted by Crippen LogP contribution is 2.16. The third kappa shape index (κ3) is 6.88. The number of nitrogens with one attached hydrogen (secondary N) is 3. The summed E-state index contributed by atoms with van der Waals surface area (Å²) in [7, 11) is 0. The smallest absolute Gasteiger partial charge is 0.269 e. The van der Waals surface area contributed by atoms with Gasteiger partial charge in [0.15, 0.2) is 0 Å². The third-order valence-electron chi connectivity index (χ3n) is 4.37. The summed E-state index contributed by atoms with van der Waals surface area (Å²) in [6.07, 6.45) is 2.43. The number of nitro groups is 1. The Hall–Kier alpha value is -3.79. The van der Waals surface area contributed by atoms with Crippen LogP contribution in [0.2, 0.25) is 0 Å². The standard InChI is InChI=1S/C22H20BrN5O4/c23-16-6-11-20(25-14-16)27-22(30)15-3-1-4-18(13-15)26-21(29)5-2-12-24-17-7-9-19(10-8-17)28(31)32/h1,3-4,6-11,13-14,24H,2,5,12H2,(H,26,29)(H,25,27,30). The second kappa shape index (κ2) is 11.0. The second-order valence-electron chi connectivity index (χ2n) is 6.78. The summed E-state index contributed by atoms with van der Waals surface area (Å²) < 4.78 is 0.808. The van der Waals surface area contributed by atoms with Gasteiger partial charge >= 0.3 is 0 Å². The highest BCUT2D eigenvalue weighted by molar-refractivity contribution is 9.10. The van der Waals surface area contributed by atoms with Crippen LogP contribution in [0.25, 0.3) is 0 Å². The fourth-order valence-electron chi connectivity index (χ4n) is 2.78. The molecule has 0 aliphatic rings. The summed E-state index contributed by atoms with van der Waals surface area (Å²) in [6.45, 7) is 0.536. The zero-order valence-corrected chi connectivity index (χ0v) is 18.5. The summed E-state index contributed by atoms with van der Waals surface area (Å²) in [5, 5.41) is 19.3. The van der Waals surface area contributed by atoms with E-state index >= 15 is 0 Å². The van der Waals surface area contributed by atoms with Gasteiger partial charge in [0.1, 0.15) is 5.82 Å². The predicted octanol–water partition coefficient (Wildman–Crippen LogP) is 4.84. The van der Waals surface area contributed by atoms with Crippen LogP contribution in [0.4, 0.5) is 22.9 Å². The molecule has 0 aliphatic carbocycles. The molecule has 0 fully saturated rings. The summed E-state index contributed by atoms with van der Waals surface area (Å²) >= 11 is 3.29. The Labute approximate surface area is 192 Å².